The van der Waals surface area contributed by atoms with Crippen LogP contribution in [0.15, 0.2) is 85.1 Å². The fourth-order valence-corrected chi connectivity index (χ4v) is 3.55. The predicted octanol–water partition coefficient (Wildman–Crippen LogP) is 5.36. The van der Waals surface area contributed by atoms with Crippen molar-refractivity contribution in [1.29, 1.82) is 0 Å². The second kappa shape index (κ2) is 8.36. The minimum absolute atomic E-state index is 0.0393. The van der Waals surface area contributed by atoms with E-state index in [2.05, 4.69) is 75.5 Å². The van der Waals surface area contributed by atoms with Crippen molar-refractivity contribution in [3.8, 4) is 0 Å². The zero-order valence-corrected chi connectivity index (χ0v) is 16.8. The molecule has 0 fully saturated rings. The molecule has 3 rings (SSSR count). The zero-order valence-electron chi connectivity index (χ0n) is 14.7. The van der Waals surface area contributed by atoms with Crippen LogP contribution in [-0.2, 0) is 11.3 Å². The van der Waals surface area contributed by atoms with E-state index in [4.69, 9.17) is 0 Å². The van der Waals surface area contributed by atoms with Crippen LogP contribution in [0, 0.1) is 0 Å². The molecule has 0 aliphatic carbocycles. The van der Waals surface area contributed by atoms with Crippen molar-refractivity contribution in [2.45, 2.75) is 17.4 Å². The second-order valence-corrected chi connectivity index (χ2v) is 7.52. The Labute approximate surface area is 167 Å². The van der Waals surface area contributed by atoms with Gasteiger partial charge in [-0.25, -0.2) is 0 Å². The molecule has 0 spiro atoms. The number of halogens is 1. The summed E-state index contributed by atoms with van der Waals surface area (Å²) in [5.41, 5.74) is 2.89. The summed E-state index contributed by atoms with van der Waals surface area (Å²) in [5.74, 6) is -0.0393. The van der Waals surface area contributed by atoms with E-state index in [1.165, 1.54) is 10.8 Å². The van der Waals surface area contributed by atoms with Gasteiger partial charge in [0, 0.05) is 34.0 Å². The summed E-state index contributed by atoms with van der Waals surface area (Å²) in [7, 11) is 0. The molecule has 26 heavy (non-hydrogen) atoms. The van der Waals surface area contributed by atoms with Gasteiger partial charge in [0.2, 0.25) is 5.91 Å². The van der Waals surface area contributed by atoms with Gasteiger partial charge in [-0.3, -0.25) is 4.79 Å². The topological polar surface area (TPSA) is 34.0 Å². The summed E-state index contributed by atoms with van der Waals surface area (Å²) >= 11 is 2.20. The smallest absolute Gasteiger partial charge is 0.239 e. The number of hydrogen-bond acceptors (Lipinski definition) is 1. The van der Waals surface area contributed by atoms with Gasteiger partial charge in [0.05, 0.1) is 0 Å². The molecule has 0 bridgehead atoms. The summed E-state index contributed by atoms with van der Waals surface area (Å²) in [5, 5.41) is 5.30. The van der Waals surface area contributed by atoms with E-state index in [0.717, 1.165) is 11.0 Å². The summed E-state index contributed by atoms with van der Waals surface area (Å²) in [6.45, 7) is 6.43. The number of para-hydroxylation sites is 2. The van der Waals surface area contributed by atoms with Gasteiger partial charge >= 0.3 is 0 Å². The van der Waals surface area contributed by atoms with Gasteiger partial charge in [0.15, 0.2) is 0 Å². The third-order valence-corrected chi connectivity index (χ3v) is 5.15. The number of allylic oxidation sites excluding steroid dienone is 4. The third kappa shape index (κ3) is 3.90. The molecular formula is C22H21IN2O. The number of benzene rings is 2. The minimum Gasteiger partial charge on any atom is -0.339 e. The van der Waals surface area contributed by atoms with Crippen molar-refractivity contribution in [2.75, 3.05) is 0 Å². The molecule has 1 atom stereocenters. The van der Waals surface area contributed by atoms with Gasteiger partial charge < -0.3 is 9.88 Å². The SMILES string of the molecule is C=C(/C=C\C=C/C)NC(=O)[C@@H](I)Cn1c2ccccc2c2ccccc21. The van der Waals surface area contributed by atoms with Gasteiger partial charge in [-0.15, -0.1) is 0 Å². The number of carbonyl (C=O) groups is 1. The molecule has 0 aliphatic heterocycles. The highest BCUT2D eigenvalue weighted by Crippen LogP contribution is 2.29. The predicted molar refractivity (Wildman–Crippen MR) is 118 cm³/mol. The first-order chi connectivity index (χ1) is 12.6. The van der Waals surface area contributed by atoms with Crippen LogP contribution in [0.3, 0.4) is 0 Å². The summed E-state index contributed by atoms with van der Waals surface area (Å²) in [6, 6.07) is 16.6. The maximum absolute atomic E-state index is 12.5. The maximum Gasteiger partial charge on any atom is 0.239 e. The quantitative estimate of drug-likeness (QED) is 0.303. The molecule has 0 unspecified atom stereocenters. The van der Waals surface area contributed by atoms with E-state index < -0.39 is 0 Å². The average molecular weight is 456 g/mol. The van der Waals surface area contributed by atoms with Gasteiger partial charge in [0.1, 0.15) is 3.92 Å². The van der Waals surface area contributed by atoms with E-state index in [-0.39, 0.29) is 9.83 Å². The molecule has 1 amide bonds. The number of nitrogens with zero attached hydrogens (tertiary/aromatic N) is 1. The molecule has 0 aliphatic rings. The van der Waals surface area contributed by atoms with Crippen LogP contribution in [0.4, 0.5) is 0 Å². The van der Waals surface area contributed by atoms with Crippen LogP contribution < -0.4 is 5.32 Å². The normalized spacial score (nSPS) is 13.0. The minimum atomic E-state index is -0.210. The van der Waals surface area contributed by atoms with Crippen molar-refractivity contribution < 1.29 is 4.79 Å². The third-order valence-electron chi connectivity index (χ3n) is 4.19. The number of nitrogens with one attached hydrogen (secondary N) is 1. The standard InChI is InChI=1S/C22H21IN2O/c1-3-4-5-10-16(2)24-22(26)19(23)15-25-20-13-8-6-11-17(20)18-12-7-9-14-21(18)25/h3-14,19H,2,15H2,1H3,(H,24,26)/b4-3-,10-5-/t19-/m0/s1. The summed E-state index contributed by atoms with van der Waals surface area (Å²) < 4.78 is 2.01. The average Bonchev–Trinajstić information content (AvgIpc) is 2.96. The number of aromatic nitrogens is 1. The van der Waals surface area contributed by atoms with Crippen molar-refractivity contribution >= 4 is 50.3 Å². The summed E-state index contributed by atoms with van der Waals surface area (Å²) in [4.78, 5) is 12.5. The van der Waals surface area contributed by atoms with Crippen molar-refractivity contribution in [3.63, 3.8) is 0 Å². The lowest BCUT2D eigenvalue weighted by atomic mass is 10.2. The fourth-order valence-electron chi connectivity index (χ4n) is 3.00. The highest BCUT2D eigenvalue weighted by molar-refractivity contribution is 14.1. The Balaban J connectivity index is 1.84. The molecule has 0 saturated heterocycles. The Morgan fingerprint density at radius 3 is 2.27 bits per heavy atom. The number of rotatable bonds is 6. The van der Waals surface area contributed by atoms with E-state index in [0.29, 0.717) is 12.2 Å². The van der Waals surface area contributed by atoms with Crippen molar-refractivity contribution in [3.05, 3.63) is 85.1 Å². The molecule has 3 aromatic rings. The second-order valence-electron chi connectivity index (χ2n) is 6.01. The lowest BCUT2D eigenvalue weighted by Crippen LogP contribution is -2.32. The van der Waals surface area contributed by atoms with Gasteiger partial charge in [-0.1, -0.05) is 83.8 Å². The molecule has 0 saturated carbocycles. The molecule has 1 heterocycles. The van der Waals surface area contributed by atoms with Crippen molar-refractivity contribution in [1.82, 2.24) is 9.88 Å². The van der Waals surface area contributed by atoms with Gasteiger partial charge in [0.25, 0.3) is 0 Å². The van der Waals surface area contributed by atoms with E-state index in [1.807, 2.05) is 37.3 Å². The Morgan fingerprint density at radius 1 is 1.12 bits per heavy atom. The van der Waals surface area contributed by atoms with E-state index in [1.54, 1.807) is 6.08 Å². The molecule has 2 aromatic carbocycles. The maximum atomic E-state index is 12.5. The van der Waals surface area contributed by atoms with Crippen LogP contribution in [0.2, 0.25) is 0 Å². The van der Waals surface area contributed by atoms with E-state index >= 15 is 0 Å². The lowest BCUT2D eigenvalue weighted by Gasteiger charge is -2.14. The van der Waals surface area contributed by atoms with Crippen molar-refractivity contribution in [2.24, 2.45) is 0 Å². The first-order valence-corrected chi connectivity index (χ1v) is 9.75. The highest BCUT2D eigenvalue weighted by atomic mass is 127. The molecule has 3 nitrogen and oxygen atoms in total. The van der Waals surface area contributed by atoms with Crippen LogP contribution in [0.5, 0.6) is 0 Å². The summed E-state index contributed by atoms with van der Waals surface area (Å²) in [6.07, 6.45) is 7.48. The monoisotopic (exact) mass is 456 g/mol. The fraction of sp³-hybridized carbons (Fsp3) is 0.136. The number of fused-ring (bicyclic) bond motifs is 3. The molecular weight excluding hydrogens is 435 g/mol. The highest BCUT2D eigenvalue weighted by Gasteiger charge is 2.18. The molecule has 132 valence electrons. The number of carbonyl (C=O) groups excluding carboxylic acids is 1. The number of hydrogen-bond donors (Lipinski definition) is 1. The Hall–Kier alpha value is -2.34. The van der Waals surface area contributed by atoms with Crippen LogP contribution in [0.25, 0.3) is 21.8 Å². The molecule has 4 heteroatoms. The molecule has 1 aromatic heterocycles. The zero-order chi connectivity index (χ0) is 18.5. The number of amides is 1. The number of alkyl halides is 1. The largest absolute Gasteiger partial charge is 0.339 e. The molecule has 1 N–H and O–H groups in total. The van der Waals surface area contributed by atoms with Crippen LogP contribution >= 0.6 is 22.6 Å². The Bertz CT molecular complexity index is 960. The van der Waals surface area contributed by atoms with Gasteiger partial charge in [-0.2, -0.15) is 0 Å². The Kier molecular flexibility index (Phi) is 5.93. The first-order valence-electron chi connectivity index (χ1n) is 8.51. The van der Waals surface area contributed by atoms with Gasteiger partial charge in [-0.05, 0) is 25.1 Å². The van der Waals surface area contributed by atoms with Crippen LogP contribution in [-0.4, -0.2) is 14.4 Å². The first kappa shape index (κ1) is 18.5. The molecule has 0 radical (unpaired) electrons. The Morgan fingerprint density at radius 2 is 1.69 bits per heavy atom. The van der Waals surface area contributed by atoms with E-state index in [9.17, 15) is 4.79 Å². The van der Waals surface area contributed by atoms with Crippen LogP contribution in [0.1, 0.15) is 6.92 Å². The lowest BCUT2D eigenvalue weighted by molar-refractivity contribution is -0.119.